The molecule has 72 valence electrons. The van der Waals surface area contributed by atoms with Crippen LogP contribution in [0.15, 0.2) is 4.99 Å². The molecule has 0 aliphatic heterocycles. The monoisotopic (exact) mass is 170 g/mol. The summed E-state index contributed by atoms with van der Waals surface area (Å²) < 4.78 is 0. The fraction of sp³-hybridized carbons (Fsp3) is 0.900. The highest BCUT2D eigenvalue weighted by Gasteiger charge is 2.14. The first-order valence-corrected chi connectivity index (χ1v) is 4.83. The SMILES string of the molecule is CCC=NCC(C)[C@@H](C)[C@@H](C)N. The minimum atomic E-state index is 0.275. The highest BCUT2D eigenvalue weighted by atomic mass is 14.7. The van der Waals surface area contributed by atoms with E-state index in [1.807, 2.05) is 6.21 Å². The molecule has 12 heavy (non-hydrogen) atoms. The van der Waals surface area contributed by atoms with Crippen molar-refractivity contribution >= 4 is 6.21 Å². The fourth-order valence-electron chi connectivity index (χ4n) is 1.05. The lowest BCUT2D eigenvalue weighted by Crippen LogP contribution is -2.30. The maximum absolute atomic E-state index is 5.79. The van der Waals surface area contributed by atoms with Gasteiger partial charge >= 0.3 is 0 Å². The standard InChI is InChI=1S/C10H22N2/c1-5-6-12-7-8(2)9(3)10(4)11/h6,8-10H,5,7,11H2,1-4H3/t8?,9-,10-/m1/s1. The van der Waals surface area contributed by atoms with Crippen LogP contribution in [0.3, 0.4) is 0 Å². The van der Waals surface area contributed by atoms with E-state index in [-0.39, 0.29) is 6.04 Å². The summed E-state index contributed by atoms with van der Waals surface area (Å²) in [6.45, 7) is 9.47. The predicted molar refractivity (Wildman–Crippen MR) is 55.6 cm³/mol. The van der Waals surface area contributed by atoms with Gasteiger partial charge in [0.05, 0.1) is 0 Å². The second kappa shape index (κ2) is 6.18. The number of rotatable bonds is 5. The van der Waals surface area contributed by atoms with E-state index >= 15 is 0 Å². The van der Waals surface area contributed by atoms with Crippen LogP contribution >= 0.6 is 0 Å². The van der Waals surface area contributed by atoms with E-state index in [1.165, 1.54) is 0 Å². The van der Waals surface area contributed by atoms with E-state index in [0.29, 0.717) is 11.8 Å². The maximum Gasteiger partial charge on any atom is 0.0414 e. The van der Waals surface area contributed by atoms with Crippen molar-refractivity contribution in [2.75, 3.05) is 6.54 Å². The number of nitrogens with two attached hydrogens (primary N) is 1. The first-order chi connectivity index (χ1) is 5.59. The lowest BCUT2D eigenvalue weighted by Gasteiger charge is -2.21. The van der Waals surface area contributed by atoms with Crippen LogP contribution < -0.4 is 5.73 Å². The number of hydrogen-bond donors (Lipinski definition) is 1. The Hall–Kier alpha value is -0.370. The smallest absolute Gasteiger partial charge is 0.0414 e. The highest BCUT2D eigenvalue weighted by molar-refractivity contribution is 5.56. The van der Waals surface area contributed by atoms with E-state index in [0.717, 1.165) is 13.0 Å². The van der Waals surface area contributed by atoms with Crippen molar-refractivity contribution in [3.05, 3.63) is 0 Å². The summed E-state index contributed by atoms with van der Waals surface area (Å²) in [5.74, 6) is 1.15. The molecule has 0 aromatic rings. The molecular weight excluding hydrogens is 148 g/mol. The molecule has 0 rings (SSSR count). The van der Waals surface area contributed by atoms with E-state index in [2.05, 4.69) is 32.7 Å². The quantitative estimate of drug-likeness (QED) is 0.630. The van der Waals surface area contributed by atoms with Crippen LogP contribution in [0.2, 0.25) is 0 Å². The number of aliphatic imine (C=N–C) groups is 1. The zero-order valence-electron chi connectivity index (χ0n) is 8.75. The zero-order valence-corrected chi connectivity index (χ0v) is 8.75. The van der Waals surface area contributed by atoms with Gasteiger partial charge in [-0.3, -0.25) is 4.99 Å². The molecule has 3 atom stereocenters. The van der Waals surface area contributed by atoms with Crippen LogP contribution in [0.4, 0.5) is 0 Å². The van der Waals surface area contributed by atoms with Gasteiger partial charge in [0.15, 0.2) is 0 Å². The van der Waals surface area contributed by atoms with Crippen LogP contribution in [-0.2, 0) is 0 Å². The summed E-state index contributed by atoms with van der Waals surface area (Å²) in [4.78, 5) is 4.31. The van der Waals surface area contributed by atoms with Crippen molar-refractivity contribution in [1.29, 1.82) is 0 Å². The Morgan fingerprint density at radius 2 is 1.92 bits per heavy atom. The topological polar surface area (TPSA) is 38.4 Å². The molecule has 0 saturated heterocycles. The Morgan fingerprint density at radius 1 is 1.33 bits per heavy atom. The molecule has 2 heteroatoms. The van der Waals surface area contributed by atoms with Gasteiger partial charge in [-0.2, -0.15) is 0 Å². The van der Waals surface area contributed by atoms with Gasteiger partial charge in [-0.25, -0.2) is 0 Å². The van der Waals surface area contributed by atoms with Gasteiger partial charge in [0.1, 0.15) is 0 Å². The first-order valence-electron chi connectivity index (χ1n) is 4.83. The van der Waals surface area contributed by atoms with Crippen molar-refractivity contribution in [1.82, 2.24) is 0 Å². The van der Waals surface area contributed by atoms with Gasteiger partial charge in [-0.1, -0.05) is 20.8 Å². The molecule has 0 bridgehead atoms. The second-order valence-electron chi connectivity index (χ2n) is 3.65. The van der Waals surface area contributed by atoms with Crippen molar-refractivity contribution < 1.29 is 0 Å². The fourth-order valence-corrected chi connectivity index (χ4v) is 1.05. The Labute approximate surface area is 76.3 Å². The minimum absolute atomic E-state index is 0.275. The lowest BCUT2D eigenvalue weighted by atomic mass is 9.90. The molecule has 2 nitrogen and oxygen atoms in total. The van der Waals surface area contributed by atoms with Gasteiger partial charge in [0.2, 0.25) is 0 Å². The van der Waals surface area contributed by atoms with Gasteiger partial charge in [-0.05, 0) is 31.4 Å². The normalized spacial score (nSPS) is 19.4. The zero-order chi connectivity index (χ0) is 9.56. The van der Waals surface area contributed by atoms with Crippen LogP contribution in [0, 0.1) is 11.8 Å². The number of hydrogen-bond acceptors (Lipinski definition) is 2. The summed E-state index contributed by atoms with van der Waals surface area (Å²) in [5, 5.41) is 0. The summed E-state index contributed by atoms with van der Waals surface area (Å²) in [6.07, 6.45) is 3.00. The average molecular weight is 170 g/mol. The van der Waals surface area contributed by atoms with Crippen LogP contribution in [0.25, 0.3) is 0 Å². The molecule has 0 saturated carbocycles. The van der Waals surface area contributed by atoms with Crippen LogP contribution in [0.5, 0.6) is 0 Å². The second-order valence-corrected chi connectivity index (χ2v) is 3.65. The largest absolute Gasteiger partial charge is 0.328 e. The van der Waals surface area contributed by atoms with E-state index in [9.17, 15) is 0 Å². The highest BCUT2D eigenvalue weighted by Crippen LogP contribution is 2.13. The molecule has 2 N–H and O–H groups in total. The third kappa shape index (κ3) is 4.50. The Bertz CT molecular complexity index is 130. The third-order valence-corrected chi connectivity index (χ3v) is 2.43. The minimum Gasteiger partial charge on any atom is -0.328 e. The van der Waals surface area contributed by atoms with Crippen molar-refractivity contribution in [2.45, 2.75) is 40.2 Å². The third-order valence-electron chi connectivity index (χ3n) is 2.43. The predicted octanol–water partition coefficient (Wildman–Crippen LogP) is 2.09. The lowest BCUT2D eigenvalue weighted by molar-refractivity contribution is 0.346. The summed E-state index contributed by atoms with van der Waals surface area (Å²) in [6, 6.07) is 0.275. The van der Waals surface area contributed by atoms with Gasteiger partial charge < -0.3 is 5.73 Å². The van der Waals surface area contributed by atoms with Crippen molar-refractivity contribution in [3.8, 4) is 0 Å². The molecule has 0 aromatic heterocycles. The first kappa shape index (κ1) is 11.6. The molecule has 0 aromatic carbocycles. The van der Waals surface area contributed by atoms with Crippen molar-refractivity contribution in [2.24, 2.45) is 22.6 Å². The Kier molecular flexibility index (Phi) is 5.99. The molecular formula is C10H22N2. The molecule has 0 fully saturated rings. The Morgan fingerprint density at radius 3 is 2.33 bits per heavy atom. The van der Waals surface area contributed by atoms with Gasteiger partial charge in [0, 0.05) is 12.6 Å². The van der Waals surface area contributed by atoms with E-state index < -0.39 is 0 Å². The summed E-state index contributed by atoms with van der Waals surface area (Å²) in [5.41, 5.74) is 5.79. The van der Waals surface area contributed by atoms with Crippen LogP contribution in [0.1, 0.15) is 34.1 Å². The van der Waals surface area contributed by atoms with E-state index in [1.54, 1.807) is 0 Å². The Balaban J connectivity index is 3.71. The molecule has 0 amide bonds. The van der Waals surface area contributed by atoms with Crippen molar-refractivity contribution in [3.63, 3.8) is 0 Å². The molecule has 0 radical (unpaired) electrons. The molecule has 0 spiro atoms. The van der Waals surface area contributed by atoms with Gasteiger partial charge in [0.25, 0.3) is 0 Å². The summed E-state index contributed by atoms with van der Waals surface area (Å²) >= 11 is 0. The summed E-state index contributed by atoms with van der Waals surface area (Å²) in [7, 11) is 0. The van der Waals surface area contributed by atoms with E-state index in [4.69, 9.17) is 5.73 Å². The molecule has 0 aliphatic rings. The van der Waals surface area contributed by atoms with Gasteiger partial charge in [-0.15, -0.1) is 0 Å². The molecule has 0 aliphatic carbocycles. The average Bonchev–Trinajstić information content (AvgIpc) is 2.03. The molecule has 1 unspecified atom stereocenters. The number of nitrogens with zero attached hydrogens (tertiary/aromatic N) is 1. The van der Waals surface area contributed by atoms with Crippen LogP contribution in [-0.4, -0.2) is 18.8 Å². The molecule has 0 heterocycles. The maximum atomic E-state index is 5.79.